The van der Waals surface area contributed by atoms with Crippen molar-refractivity contribution in [3.63, 3.8) is 0 Å². The van der Waals surface area contributed by atoms with E-state index in [9.17, 15) is 0 Å². The molecule has 0 spiro atoms. The Hall–Kier alpha value is -0.820. The molecular weight excluding hydrogens is 266 g/mol. The Morgan fingerprint density at radius 2 is 0.818 bits per heavy atom. The monoisotopic (exact) mass is 307 g/mol. The van der Waals surface area contributed by atoms with Gasteiger partial charge < -0.3 is 6.15 Å². The lowest BCUT2D eigenvalue weighted by molar-refractivity contribution is 0.554. The van der Waals surface area contributed by atoms with Crippen LogP contribution in [0.15, 0.2) is 24.3 Å². The van der Waals surface area contributed by atoms with Crippen molar-refractivity contribution < 1.29 is 0 Å². The van der Waals surface area contributed by atoms with E-state index in [4.69, 9.17) is 0 Å². The fourth-order valence-electron chi connectivity index (χ4n) is 2.40. The molecule has 1 nitrogen and oxygen atoms in total. The van der Waals surface area contributed by atoms with Crippen molar-refractivity contribution in [2.24, 2.45) is 0 Å². The summed E-state index contributed by atoms with van der Waals surface area (Å²) in [6.07, 6.45) is 15.9. The van der Waals surface area contributed by atoms with Gasteiger partial charge in [0, 0.05) is 0 Å². The summed E-state index contributed by atoms with van der Waals surface area (Å²) in [6.45, 7) is 8.81. The topological polar surface area (TPSA) is 35.0 Å². The zero-order valence-corrected chi connectivity index (χ0v) is 15.8. The van der Waals surface area contributed by atoms with Crippen LogP contribution < -0.4 is 6.15 Å². The third-order valence-corrected chi connectivity index (χ3v) is 4.13. The molecule has 0 saturated carbocycles. The van der Waals surface area contributed by atoms with Gasteiger partial charge >= 0.3 is 0 Å². The number of hydrogen-bond donors (Lipinski definition) is 1. The van der Waals surface area contributed by atoms with Crippen LogP contribution in [0.4, 0.5) is 0 Å². The minimum Gasteiger partial charge on any atom is -0.344 e. The molecule has 0 unspecified atom stereocenters. The fourth-order valence-corrected chi connectivity index (χ4v) is 2.40. The summed E-state index contributed by atoms with van der Waals surface area (Å²) >= 11 is 0. The van der Waals surface area contributed by atoms with Gasteiger partial charge in [-0.3, -0.25) is 0 Å². The van der Waals surface area contributed by atoms with Crippen LogP contribution in [0.3, 0.4) is 0 Å². The molecule has 1 heteroatoms. The zero-order chi connectivity index (χ0) is 15.8. The van der Waals surface area contributed by atoms with Gasteiger partial charge in [-0.1, -0.05) is 109 Å². The number of rotatable bonds is 10. The molecule has 0 aliphatic rings. The van der Waals surface area contributed by atoms with E-state index in [1.165, 1.54) is 81.8 Å². The molecule has 0 atom stereocenters. The molecular formula is C21H41N. The van der Waals surface area contributed by atoms with Crippen molar-refractivity contribution in [1.82, 2.24) is 6.15 Å². The smallest absolute Gasteiger partial charge is 0.0395 e. The molecule has 0 heterocycles. The van der Waals surface area contributed by atoms with Crippen LogP contribution in [0.25, 0.3) is 0 Å². The van der Waals surface area contributed by atoms with E-state index >= 15 is 0 Å². The van der Waals surface area contributed by atoms with Crippen LogP contribution in [0, 0.1) is 13.8 Å². The molecule has 0 bridgehead atoms. The highest BCUT2D eigenvalue weighted by Gasteiger charge is 1.91. The minimum atomic E-state index is 0. The van der Waals surface area contributed by atoms with Crippen LogP contribution in [0.2, 0.25) is 0 Å². The summed E-state index contributed by atoms with van der Waals surface area (Å²) in [5.74, 6) is 0. The van der Waals surface area contributed by atoms with Gasteiger partial charge in [-0.25, -0.2) is 0 Å². The third-order valence-electron chi connectivity index (χ3n) is 4.13. The van der Waals surface area contributed by atoms with Crippen molar-refractivity contribution in [3.05, 3.63) is 35.4 Å². The quantitative estimate of drug-likeness (QED) is 0.440. The molecule has 0 aromatic heterocycles. The van der Waals surface area contributed by atoms with Gasteiger partial charge in [0.15, 0.2) is 0 Å². The average molecular weight is 308 g/mol. The molecule has 1 rings (SSSR count). The molecule has 0 saturated heterocycles. The highest BCUT2D eigenvalue weighted by atomic mass is 14.0. The van der Waals surface area contributed by atoms with Crippen molar-refractivity contribution in [3.8, 4) is 0 Å². The van der Waals surface area contributed by atoms with Gasteiger partial charge in [-0.05, 0) is 25.0 Å². The van der Waals surface area contributed by atoms with E-state index in [2.05, 4.69) is 52.0 Å². The Balaban J connectivity index is 0. The first kappa shape index (κ1) is 23.4. The van der Waals surface area contributed by atoms with Gasteiger partial charge in [-0.15, -0.1) is 0 Å². The normalized spacial score (nSPS) is 9.64. The standard InChI is InChI=1S/C13H28.C8H10.H3N/c1-3-5-7-9-11-13-12-10-8-6-4-2;1-7-5-3-4-6-8(7)2;/h3-13H2,1-2H3;3-6H,1-2H3;1H3. The molecule has 1 aromatic carbocycles. The van der Waals surface area contributed by atoms with Gasteiger partial charge in [0.1, 0.15) is 0 Å². The summed E-state index contributed by atoms with van der Waals surface area (Å²) in [4.78, 5) is 0. The van der Waals surface area contributed by atoms with Crippen LogP contribution in [0.5, 0.6) is 0 Å². The second-order valence-corrected chi connectivity index (χ2v) is 6.27. The van der Waals surface area contributed by atoms with Crippen molar-refractivity contribution in [2.75, 3.05) is 0 Å². The number of hydrogen-bond acceptors (Lipinski definition) is 1. The molecule has 22 heavy (non-hydrogen) atoms. The molecule has 0 fully saturated rings. The Morgan fingerprint density at radius 1 is 0.545 bits per heavy atom. The van der Waals surface area contributed by atoms with E-state index < -0.39 is 0 Å². The molecule has 0 amide bonds. The number of benzene rings is 1. The maximum atomic E-state index is 2.28. The minimum absolute atomic E-state index is 0. The van der Waals surface area contributed by atoms with Gasteiger partial charge in [0.05, 0.1) is 0 Å². The first-order valence-electron chi connectivity index (χ1n) is 9.24. The zero-order valence-electron chi connectivity index (χ0n) is 15.8. The summed E-state index contributed by atoms with van der Waals surface area (Å²) in [7, 11) is 0. The van der Waals surface area contributed by atoms with Crippen molar-refractivity contribution >= 4 is 0 Å². The molecule has 0 radical (unpaired) electrons. The lowest BCUT2D eigenvalue weighted by atomic mass is 10.1. The summed E-state index contributed by atoms with van der Waals surface area (Å²) < 4.78 is 0. The molecule has 1 aromatic rings. The number of aryl methyl sites for hydroxylation is 2. The molecule has 3 N–H and O–H groups in total. The predicted molar refractivity (Wildman–Crippen MR) is 103 cm³/mol. The second-order valence-electron chi connectivity index (χ2n) is 6.27. The fraction of sp³-hybridized carbons (Fsp3) is 0.714. The van der Waals surface area contributed by atoms with E-state index in [1.54, 1.807) is 0 Å². The molecule has 130 valence electrons. The SMILES string of the molecule is CCCCCCCCCCCCC.Cc1ccccc1C.N. The first-order valence-corrected chi connectivity index (χ1v) is 9.24. The van der Waals surface area contributed by atoms with E-state index in [1.807, 2.05) is 0 Å². The van der Waals surface area contributed by atoms with Crippen molar-refractivity contribution in [2.45, 2.75) is 98.3 Å². The maximum absolute atomic E-state index is 2.28. The van der Waals surface area contributed by atoms with E-state index in [0.717, 1.165) is 0 Å². The second kappa shape index (κ2) is 18.2. The van der Waals surface area contributed by atoms with Crippen LogP contribution in [-0.2, 0) is 0 Å². The van der Waals surface area contributed by atoms with Crippen molar-refractivity contribution in [1.29, 1.82) is 0 Å². The Bertz CT molecular complexity index is 288. The van der Waals surface area contributed by atoms with E-state index in [0.29, 0.717) is 0 Å². The van der Waals surface area contributed by atoms with Gasteiger partial charge in [0.2, 0.25) is 0 Å². The van der Waals surface area contributed by atoms with E-state index in [-0.39, 0.29) is 6.15 Å². The predicted octanol–water partition coefficient (Wildman–Crippen LogP) is 7.78. The van der Waals surface area contributed by atoms with Gasteiger partial charge in [-0.2, -0.15) is 0 Å². The lowest BCUT2D eigenvalue weighted by Crippen LogP contribution is -1.80. The summed E-state index contributed by atoms with van der Waals surface area (Å²) in [5.41, 5.74) is 2.74. The lowest BCUT2D eigenvalue weighted by Gasteiger charge is -2.00. The Labute approximate surface area is 140 Å². The van der Waals surface area contributed by atoms with Gasteiger partial charge in [0.25, 0.3) is 0 Å². The largest absolute Gasteiger partial charge is 0.344 e. The van der Waals surface area contributed by atoms with Crippen LogP contribution in [-0.4, -0.2) is 0 Å². The highest BCUT2D eigenvalue weighted by Crippen LogP contribution is 2.10. The summed E-state index contributed by atoms with van der Waals surface area (Å²) in [6, 6.07) is 8.36. The summed E-state index contributed by atoms with van der Waals surface area (Å²) in [5, 5.41) is 0. The maximum Gasteiger partial charge on any atom is -0.0395 e. The Morgan fingerprint density at radius 3 is 1.05 bits per heavy atom. The highest BCUT2D eigenvalue weighted by molar-refractivity contribution is 5.23. The van der Waals surface area contributed by atoms with Crippen LogP contribution in [0.1, 0.15) is 95.6 Å². The van der Waals surface area contributed by atoms with Crippen LogP contribution >= 0.6 is 0 Å². The Kier molecular flexibility index (Phi) is 19.4. The number of unbranched alkanes of at least 4 members (excludes halogenated alkanes) is 10. The third kappa shape index (κ3) is 15.6. The molecule has 0 aliphatic carbocycles. The first-order chi connectivity index (χ1) is 10.2. The average Bonchev–Trinajstić information content (AvgIpc) is 2.49. The molecule has 0 aliphatic heterocycles.